The summed E-state index contributed by atoms with van der Waals surface area (Å²) in [6.07, 6.45) is 0. The van der Waals surface area contributed by atoms with Crippen LogP contribution < -0.4 is 10.6 Å². The molecule has 0 bridgehead atoms. The number of carbonyl (C=O) groups is 2. The van der Waals surface area contributed by atoms with Crippen LogP contribution in [0.3, 0.4) is 0 Å². The molecule has 0 saturated carbocycles. The van der Waals surface area contributed by atoms with Crippen molar-refractivity contribution in [3.63, 3.8) is 0 Å². The van der Waals surface area contributed by atoms with Crippen molar-refractivity contribution in [2.75, 3.05) is 7.05 Å². The van der Waals surface area contributed by atoms with Gasteiger partial charge in [0.15, 0.2) is 0 Å². The summed E-state index contributed by atoms with van der Waals surface area (Å²) in [6, 6.07) is 6.89. The fourth-order valence-electron chi connectivity index (χ4n) is 1.58. The number of nitrogens with one attached hydrogen (secondary N) is 2. The second-order valence-corrected chi connectivity index (χ2v) is 4.59. The van der Waals surface area contributed by atoms with Crippen molar-refractivity contribution in [1.29, 1.82) is 0 Å². The molecular weight excluding hydrogens is 228 g/mol. The van der Waals surface area contributed by atoms with Crippen molar-refractivity contribution in [3.05, 3.63) is 35.4 Å². The molecule has 1 unspecified atom stereocenters. The maximum atomic E-state index is 11.9. The van der Waals surface area contributed by atoms with E-state index in [-0.39, 0.29) is 11.8 Å². The minimum atomic E-state index is -0.535. The van der Waals surface area contributed by atoms with Crippen LogP contribution in [0.15, 0.2) is 24.3 Å². The summed E-state index contributed by atoms with van der Waals surface area (Å²) in [5, 5.41) is 5.14. The van der Waals surface area contributed by atoms with E-state index in [1.54, 1.807) is 26.1 Å². The predicted octanol–water partition coefficient (Wildman–Crippen LogP) is 1.67. The molecule has 1 aromatic carbocycles. The van der Waals surface area contributed by atoms with E-state index in [9.17, 15) is 9.59 Å². The molecule has 0 aliphatic carbocycles. The zero-order valence-electron chi connectivity index (χ0n) is 11.3. The Morgan fingerprint density at radius 1 is 1.06 bits per heavy atom. The lowest BCUT2D eigenvalue weighted by Gasteiger charge is -2.12. The molecule has 2 amide bonds. The van der Waals surface area contributed by atoms with Crippen molar-refractivity contribution in [2.24, 2.45) is 0 Å². The molecule has 0 aliphatic heterocycles. The normalized spacial score (nSPS) is 12.1. The molecule has 0 heterocycles. The highest BCUT2D eigenvalue weighted by Gasteiger charge is 2.15. The van der Waals surface area contributed by atoms with Gasteiger partial charge in [-0.1, -0.05) is 26.0 Å². The summed E-state index contributed by atoms with van der Waals surface area (Å²) in [4.78, 5) is 23.2. The van der Waals surface area contributed by atoms with Gasteiger partial charge in [-0.05, 0) is 30.5 Å². The number of benzene rings is 1. The van der Waals surface area contributed by atoms with E-state index in [2.05, 4.69) is 24.5 Å². The Bertz CT molecular complexity index is 424. The van der Waals surface area contributed by atoms with Crippen molar-refractivity contribution in [2.45, 2.75) is 32.7 Å². The molecule has 98 valence electrons. The number of amides is 2. The number of carbonyl (C=O) groups excluding carboxylic acids is 2. The van der Waals surface area contributed by atoms with Gasteiger partial charge in [0.2, 0.25) is 5.91 Å². The van der Waals surface area contributed by atoms with Gasteiger partial charge in [-0.3, -0.25) is 9.59 Å². The van der Waals surface area contributed by atoms with Gasteiger partial charge in [0.05, 0.1) is 0 Å². The molecule has 18 heavy (non-hydrogen) atoms. The van der Waals surface area contributed by atoms with E-state index in [1.807, 2.05) is 12.1 Å². The van der Waals surface area contributed by atoms with Gasteiger partial charge in [0.25, 0.3) is 5.91 Å². The SMILES string of the molecule is CNC(=O)C(C)NC(=O)c1ccc(C(C)C)cc1. The van der Waals surface area contributed by atoms with E-state index in [0.717, 1.165) is 0 Å². The van der Waals surface area contributed by atoms with Crippen molar-refractivity contribution in [3.8, 4) is 0 Å². The highest BCUT2D eigenvalue weighted by Crippen LogP contribution is 2.14. The quantitative estimate of drug-likeness (QED) is 0.851. The molecule has 0 saturated heterocycles. The first-order valence-electron chi connectivity index (χ1n) is 6.08. The monoisotopic (exact) mass is 248 g/mol. The largest absolute Gasteiger partial charge is 0.357 e. The Morgan fingerprint density at radius 2 is 1.61 bits per heavy atom. The van der Waals surface area contributed by atoms with Crippen LogP contribution in [-0.4, -0.2) is 24.9 Å². The molecular formula is C14H20N2O2. The molecule has 0 spiro atoms. The highest BCUT2D eigenvalue weighted by atomic mass is 16.2. The maximum Gasteiger partial charge on any atom is 0.251 e. The lowest BCUT2D eigenvalue weighted by atomic mass is 10.0. The molecule has 4 heteroatoms. The van der Waals surface area contributed by atoms with Crippen LogP contribution in [0.5, 0.6) is 0 Å². The number of rotatable bonds is 4. The average molecular weight is 248 g/mol. The molecule has 1 rings (SSSR count). The average Bonchev–Trinajstić information content (AvgIpc) is 2.37. The zero-order valence-corrected chi connectivity index (χ0v) is 11.3. The second-order valence-electron chi connectivity index (χ2n) is 4.59. The summed E-state index contributed by atoms with van der Waals surface area (Å²) >= 11 is 0. The van der Waals surface area contributed by atoms with Gasteiger partial charge < -0.3 is 10.6 Å². The molecule has 0 fully saturated rings. The molecule has 1 aromatic rings. The summed E-state index contributed by atoms with van der Waals surface area (Å²) < 4.78 is 0. The first-order chi connectivity index (χ1) is 8.45. The standard InChI is InChI=1S/C14H20N2O2/c1-9(2)11-5-7-12(8-6-11)14(18)16-10(3)13(17)15-4/h5-10H,1-4H3,(H,15,17)(H,16,18). The van der Waals surface area contributed by atoms with Gasteiger partial charge in [-0.25, -0.2) is 0 Å². The highest BCUT2D eigenvalue weighted by molar-refractivity contribution is 5.97. The zero-order chi connectivity index (χ0) is 13.7. The van der Waals surface area contributed by atoms with Gasteiger partial charge in [-0.2, -0.15) is 0 Å². The van der Waals surface area contributed by atoms with E-state index in [4.69, 9.17) is 0 Å². The Kier molecular flexibility index (Phi) is 4.89. The predicted molar refractivity (Wildman–Crippen MR) is 71.5 cm³/mol. The van der Waals surface area contributed by atoms with Crippen LogP contribution >= 0.6 is 0 Å². The molecule has 4 nitrogen and oxygen atoms in total. The van der Waals surface area contributed by atoms with Gasteiger partial charge in [0, 0.05) is 12.6 Å². The van der Waals surface area contributed by atoms with Crippen molar-refractivity contribution in [1.82, 2.24) is 10.6 Å². The summed E-state index contributed by atoms with van der Waals surface area (Å²) in [5.41, 5.74) is 1.75. The molecule has 0 aromatic heterocycles. The van der Waals surface area contributed by atoms with Crippen LogP contribution in [0.2, 0.25) is 0 Å². The van der Waals surface area contributed by atoms with E-state index < -0.39 is 6.04 Å². The van der Waals surface area contributed by atoms with E-state index in [1.165, 1.54) is 5.56 Å². The lowest BCUT2D eigenvalue weighted by molar-refractivity contribution is -0.122. The van der Waals surface area contributed by atoms with Crippen LogP contribution in [0.1, 0.15) is 42.6 Å². The third kappa shape index (κ3) is 3.58. The fraction of sp³-hybridized carbons (Fsp3) is 0.429. The minimum absolute atomic E-state index is 0.206. The number of hydrogen-bond donors (Lipinski definition) is 2. The van der Waals surface area contributed by atoms with Crippen LogP contribution in [-0.2, 0) is 4.79 Å². The second kappa shape index (κ2) is 6.19. The van der Waals surface area contributed by atoms with Gasteiger partial charge in [-0.15, -0.1) is 0 Å². The van der Waals surface area contributed by atoms with E-state index in [0.29, 0.717) is 11.5 Å². The van der Waals surface area contributed by atoms with E-state index >= 15 is 0 Å². The number of hydrogen-bond acceptors (Lipinski definition) is 2. The smallest absolute Gasteiger partial charge is 0.251 e. The Morgan fingerprint density at radius 3 is 2.06 bits per heavy atom. The van der Waals surface area contributed by atoms with Crippen molar-refractivity contribution < 1.29 is 9.59 Å². The third-order valence-corrected chi connectivity index (χ3v) is 2.83. The number of likely N-dealkylation sites (N-methyl/N-ethyl adjacent to an activating group) is 1. The third-order valence-electron chi connectivity index (χ3n) is 2.83. The van der Waals surface area contributed by atoms with Gasteiger partial charge >= 0.3 is 0 Å². The molecule has 2 N–H and O–H groups in total. The summed E-state index contributed by atoms with van der Waals surface area (Å²) in [6.45, 7) is 5.85. The van der Waals surface area contributed by atoms with Crippen molar-refractivity contribution >= 4 is 11.8 Å². The first-order valence-corrected chi connectivity index (χ1v) is 6.08. The first kappa shape index (κ1) is 14.2. The lowest BCUT2D eigenvalue weighted by Crippen LogP contribution is -2.43. The molecule has 0 aliphatic rings. The molecule has 0 radical (unpaired) electrons. The van der Waals surface area contributed by atoms with Crippen LogP contribution in [0, 0.1) is 0 Å². The Hall–Kier alpha value is -1.84. The Balaban J connectivity index is 2.70. The van der Waals surface area contributed by atoms with Crippen LogP contribution in [0.4, 0.5) is 0 Å². The summed E-state index contributed by atoms with van der Waals surface area (Å²) in [5.74, 6) is -0.00420. The minimum Gasteiger partial charge on any atom is -0.357 e. The topological polar surface area (TPSA) is 58.2 Å². The molecule has 1 atom stereocenters. The summed E-state index contributed by atoms with van der Waals surface area (Å²) in [7, 11) is 1.54. The van der Waals surface area contributed by atoms with Crippen LogP contribution in [0.25, 0.3) is 0 Å². The maximum absolute atomic E-state index is 11.9. The van der Waals surface area contributed by atoms with Gasteiger partial charge in [0.1, 0.15) is 6.04 Å². The fourth-order valence-corrected chi connectivity index (χ4v) is 1.58. The Labute approximate surface area is 108 Å².